The number of hydrogen-bond donors (Lipinski definition) is 1. The summed E-state index contributed by atoms with van der Waals surface area (Å²) in [4.78, 5) is 0. The van der Waals surface area contributed by atoms with Crippen LogP contribution in [0.15, 0.2) is 18.2 Å². The lowest BCUT2D eigenvalue weighted by Crippen LogP contribution is -2.41. The van der Waals surface area contributed by atoms with Crippen LogP contribution < -0.4 is 5.46 Å². The molecule has 4 nitrogen and oxygen atoms in total. The van der Waals surface area contributed by atoms with E-state index in [1.807, 2.05) is 33.8 Å². The van der Waals surface area contributed by atoms with E-state index in [-0.39, 0.29) is 6.61 Å². The summed E-state index contributed by atoms with van der Waals surface area (Å²) in [6.07, 6.45) is 0.516. The molecule has 106 valence electrons. The van der Waals surface area contributed by atoms with E-state index in [0.29, 0.717) is 12.0 Å². The minimum atomic E-state index is -0.481. The molecule has 0 unspecified atom stereocenters. The molecule has 1 fully saturated rings. The number of hydrogen-bond acceptors (Lipinski definition) is 4. The molecule has 1 saturated heterocycles. The Kier molecular flexibility index (Phi) is 3.92. The molecular weight excluding hydrogens is 253 g/mol. The van der Waals surface area contributed by atoms with Crippen molar-refractivity contribution in [1.29, 1.82) is 5.26 Å². The summed E-state index contributed by atoms with van der Waals surface area (Å²) >= 11 is 0. The van der Waals surface area contributed by atoms with Gasteiger partial charge in [-0.2, -0.15) is 5.26 Å². The molecule has 1 aliphatic rings. The van der Waals surface area contributed by atoms with Gasteiger partial charge >= 0.3 is 7.12 Å². The second-order valence-corrected chi connectivity index (χ2v) is 6.14. The lowest BCUT2D eigenvalue weighted by Gasteiger charge is -2.32. The quantitative estimate of drug-likeness (QED) is 0.845. The third-order valence-electron chi connectivity index (χ3n) is 4.07. The fourth-order valence-electron chi connectivity index (χ4n) is 2.17. The fraction of sp³-hybridized carbons (Fsp3) is 0.533. The van der Waals surface area contributed by atoms with E-state index in [1.165, 1.54) is 0 Å². The Bertz CT molecular complexity index is 533. The predicted octanol–water partition coefficient (Wildman–Crippen LogP) is 1.39. The standard InChI is InChI=1S/C15H20BNO3/c1-14(2)15(3,4)20-16(19-14)13-8-11(5-6-18)7-12(9-13)10-17/h7-9,18H,5-6H2,1-4H3. The van der Waals surface area contributed by atoms with Crippen molar-refractivity contribution in [3.8, 4) is 6.07 Å². The molecule has 0 saturated carbocycles. The Hall–Kier alpha value is -1.35. The van der Waals surface area contributed by atoms with Gasteiger partial charge in [0.1, 0.15) is 0 Å². The first-order valence-corrected chi connectivity index (χ1v) is 6.79. The Morgan fingerprint density at radius 2 is 1.75 bits per heavy atom. The third kappa shape index (κ3) is 2.73. The van der Waals surface area contributed by atoms with Gasteiger partial charge in [0.15, 0.2) is 0 Å². The molecule has 0 aromatic heterocycles. The summed E-state index contributed by atoms with van der Waals surface area (Å²) in [6, 6.07) is 7.63. The molecule has 0 spiro atoms. The Morgan fingerprint density at radius 1 is 1.15 bits per heavy atom. The number of aliphatic hydroxyl groups is 1. The normalized spacial score (nSPS) is 19.9. The van der Waals surface area contributed by atoms with Crippen LogP contribution in [0.1, 0.15) is 38.8 Å². The molecule has 2 rings (SSSR count). The topological polar surface area (TPSA) is 62.5 Å². The van der Waals surface area contributed by atoms with Crippen molar-refractivity contribution in [2.24, 2.45) is 0 Å². The van der Waals surface area contributed by atoms with Crippen molar-refractivity contribution in [2.75, 3.05) is 6.61 Å². The second-order valence-electron chi connectivity index (χ2n) is 6.14. The van der Waals surface area contributed by atoms with E-state index in [0.717, 1.165) is 11.0 Å². The molecule has 0 bridgehead atoms. The maximum Gasteiger partial charge on any atom is 0.494 e. The van der Waals surface area contributed by atoms with Gasteiger partial charge in [-0.05, 0) is 57.3 Å². The van der Waals surface area contributed by atoms with Crippen molar-refractivity contribution in [3.63, 3.8) is 0 Å². The van der Waals surface area contributed by atoms with E-state index >= 15 is 0 Å². The lowest BCUT2D eigenvalue weighted by atomic mass is 9.77. The van der Waals surface area contributed by atoms with Gasteiger partial charge < -0.3 is 14.4 Å². The summed E-state index contributed by atoms with van der Waals surface area (Å²) in [5, 5.41) is 18.2. The van der Waals surface area contributed by atoms with Crippen LogP contribution >= 0.6 is 0 Å². The van der Waals surface area contributed by atoms with Gasteiger partial charge in [-0.15, -0.1) is 0 Å². The highest BCUT2D eigenvalue weighted by Gasteiger charge is 2.51. The van der Waals surface area contributed by atoms with Gasteiger partial charge in [-0.1, -0.05) is 6.07 Å². The van der Waals surface area contributed by atoms with E-state index in [9.17, 15) is 0 Å². The lowest BCUT2D eigenvalue weighted by molar-refractivity contribution is 0.00578. The van der Waals surface area contributed by atoms with Gasteiger partial charge in [-0.3, -0.25) is 0 Å². The van der Waals surface area contributed by atoms with Gasteiger partial charge in [-0.25, -0.2) is 0 Å². The van der Waals surface area contributed by atoms with Gasteiger partial charge in [0.25, 0.3) is 0 Å². The van der Waals surface area contributed by atoms with Crippen LogP contribution in [0.25, 0.3) is 0 Å². The maximum absolute atomic E-state index is 9.11. The van der Waals surface area contributed by atoms with Crippen molar-refractivity contribution in [1.82, 2.24) is 0 Å². The smallest absolute Gasteiger partial charge is 0.399 e. The van der Waals surface area contributed by atoms with Crippen molar-refractivity contribution in [3.05, 3.63) is 29.3 Å². The zero-order valence-electron chi connectivity index (χ0n) is 12.4. The largest absolute Gasteiger partial charge is 0.494 e. The van der Waals surface area contributed by atoms with E-state index in [4.69, 9.17) is 19.7 Å². The van der Waals surface area contributed by atoms with E-state index in [1.54, 1.807) is 12.1 Å². The highest BCUT2D eigenvalue weighted by atomic mass is 16.7. The average Bonchev–Trinajstić information content (AvgIpc) is 2.58. The number of nitriles is 1. The van der Waals surface area contributed by atoms with Gasteiger partial charge in [0.05, 0.1) is 22.8 Å². The summed E-state index contributed by atoms with van der Waals surface area (Å²) < 4.78 is 12.0. The first kappa shape index (κ1) is 15.1. The van der Waals surface area contributed by atoms with Crippen LogP contribution in [0.4, 0.5) is 0 Å². The fourth-order valence-corrected chi connectivity index (χ4v) is 2.17. The van der Waals surface area contributed by atoms with E-state index in [2.05, 4.69) is 6.07 Å². The average molecular weight is 273 g/mol. The first-order chi connectivity index (χ1) is 9.29. The molecule has 0 aliphatic carbocycles. The zero-order chi connectivity index (χ0) is 15.0. The molecule has 1 N–H and O–H groups in total. The molecule has 1 aliphatic heterocycles. The number of rotatable bonds is 3. The first-order valence-electron chi connectivity index (χ1n) is 6.79. The molecule has 1 heterocycles. The third-order valence-corrected chi connectivity index (χ3v) is 4.07. The summed E-state index contributed by atoms with van der Waals surface area (Å²) in [5.74, 6) is 0. The highest BCUT2D eigenvalue weighted by molar-refractivity contribution is 6.62. The second kappa shape index (κ2) is 5.21. The Balaban J connectivity index is 2.35. The number of benzene rings is 1. The molecular formula is C15H20BNO3. The van der Waals surface area contributed by atoms with Crippen LogP contribution in [0.2, 0.25) is 0 Å². The number of aliphatic hydroxyl groups excluding tert-OH is 1. The SMILES string of the molecule is CC1(C)OB(c2cc(C#N)cc(CCO)c2)OC1(C)C. The maximum atomic E-state index is 9.11. The summed E-state index contributed by atoms with van der Waals surface area (Å²) in [7, 11) is -0.481. The summed E-state index contributed by atoms with van der Waals surface area (Å²) in [6.45, 7) is 8.04. The molecule has 0 atom stereocenters. The monoisotopic (exact) mass is 273 g/mol. The highest BCUT2D eigenvalue weighted by Crippen LogP contribution is 2.36. The van der Waals surface area contributed by atoms with Crippen molar-refractivity contribution >= 4 is 12.6 Å². The van der Waals surface area contributed by atoms with Crippen LogP contribution in [0.5, 0.6) is 0 Å². The van der Waals surface area contributed by atoms with Gasteiger partial charge in [0.2, 0.25) is 0 Å². The Morgan fingerprint density at radius 3 is 2.25 bits per heavy atom. The van der Waals surface area contributed by atoms with Crippen molar-refractivity contribution < 1.29 is 14.4 Å². The zero-order valence-corrected chi connectivity index (χ0v) is 12.4. The Labute approximate surface area is 120 Å². The minimum Gasteiger partial charge on any atom is -0.399 e. The van der Waals surface area contributed by atoms with Crippen LogP contribution in [-0.4, -0.2) is 30.0 Å². The number of nitrogens with zero attached hydrogens (tertiary/aromatic N) is 1. The molecule has 0 radical (unpaired) electrons. The molecule has 1 aromatic rings. The summed E-state index contributed by atoms with van der Waals surface area (Å²) in [5.41, 5.74) is 1.48. The predicted molar refractivity (Wildman–Crippen MR) is 77.7 cm³/mol. The van der Waals surface area contributed by atoms with Crippen LogP contribution in [0.3, 0.4) is 0 Å². The molecule has 1 aromatic carbocycles. The van der Waals surface area contributed by atoms with E-state index < -0.39 is 18.3 Å². The molecule has 20 heavy (non-hydrogen) atoms. The molecule has 0 amide bonds. The van der Waals surface area contributed by atoms with Crippen LogP contribution in [-0.2, 0) is 15.7 Å². The van der Waals surface area contributed by atoms with Gasteiger partial charge in [0, 0.05) is 6.61 Å². The molecule has 5 heteroatoms. The minimum absolute atomic E-state index is 0.0533. The van der Waals surface area contributed by atoms with Crippen LogP contribution in [0, 0.1) is 11.3 Å². The van der Waals surface area contributed by atoms with Crippen molar-refractivity contribution in [2.45, 2.75) is 45.3 Å².